The number of aromatic nitrogens is 2. The number of aliphatic carboxylic acids is 1. The lowest BCUT2D eigenvalue weighted by atomic mass is 10.0. The largest absolute Gasteiger partial charge is 0.543 e. The minimum atomic E-state index is -1.45. The summed E-state index contributed by atoms with van der Waals surface area (Å²) in [5.41, 5.74) is 5.97. The van der Waals surface area contributed by atoms with E-state index in [0.29, 0.717) is 17.9 Å². The molecule has 13 heteroatoms. The molecule has 1 fully saturated rings. The second-order valence-corrected chi connectivity index (χ2v) is 9.13. The van der Waals surface area contributed by atoms with Gasteiger partial charge in [-0.25, -0.2) is 9.55 Å². The highest BCUT2D eigenvalue weighted by atomic mass is 32.2. The zero-order valence-corrected chi connectivity index (χ0v) is 19.2. The molecule has 0 aromatic carbocycles. The zero-order valence-electron chi connectivity index (χ0n) is 17.5. The number of carboxylic acid groups (broad SMARTS) is 1. The van der Waals surface area contributed by atoms with Crippen molar-refractivity contribution >= 4 is 51.7 Å². The number of thioether (sulfide) groups is 1. The molecule has 1 saturated heterocycles. The number of nitrogen functional groups attached to an aromatic ring is 1. The van der Waals surface area contributed by atoms with Crippen LogP contribution in [-0.4, -0.2) is 57.2 Å². The Bertz CT molecular complexity index is 1240. The fraction of sp³-hybridized carbons (Fsp3) is 0.238. The number of anilines is 1. The molecule has 11 nitrogen and oxygen atoms in total. The number of carboxylic acids is 1. The molecule has 2 aliphatic rings. The second kappa shape index (κ2) is 9.94. The van der Waals surface area contributed by atoms with Crippen LogP contribution >= 0.6 is 23.1 Å². The zero-order chi connectivity index (χ0) is 24.2. The van der Waals surface area contributed by atoms with Crippen LogP contribution in [0.4, 0.5) is 5.13 Å². The molecular formula is C21H18N6O5S2. The molecule has 174 valence electrons. The summed E-state index contributed by atoms with van der Waals surface area (Å²) in [7, 11) is 0. The minimum absolute atomic E-state index is 0.162. The van der Waals surface area contributed by atoms with Crippen molar-refractivity contribution in [3.05, 3.63) is 52.9 Å². The van der Waals surface area contributed by atoms with Gasteiger partial charge in [-0.3, -0.25) is 14.5 Å². The van der Waals surface area contributed by atoms with Crippen molar-refractivity contribution < 1.29 is 28.9 Å². The Morgan fingerprint density at radius 3 is 2.82 bits per heavy atom. The van der Waals surface area contributed by atoms with Gasteiger partial charge >= 0.3 is 0 Å². The molecule has 0 radical (unpaired) electrons. The van der Waals surface area contributed by atoms with Crippen molar-refractivity contribution in [1.82, 2.24) is 15.2 Å². The molecule has 0 spiro atoms. The summed E-state index contributed by atoms with van der Waals surface area (Å²) < 4.78 is 1.81. The molecule has 4 rings (SSSR count). The fourth-order valence-electron chi connectivity index (χ4n) is 3.50. The number of fused-ring (bicyclic) bond motifs is 1. The van der Waals surface area contributed by atoms with Gasteiger partial charge in [0, 0.05) is 28.8 Å². The maximum atomic E-state index is 12.9. The number of β-lactam (4-membered cyclic amide) rings is 1. The highest BCUT2D eigenvalue weighted by Crippen LogP contribution is 2.40. The van der Waals surface area contributed by atoms with E-state index in [1.807, 2.05) is 18.2 Å². The number of oxime groups is 1. The summed E-state index contributed by atoms with van der Waals surface area (Å²) in [4.78, 5) is 47.9. The third kappa shape index (κ3) is 4.59. The molecule has 1 unspecified atom stereocenters. The van der Waals surface area contributed by atoms with Crippen LogP contribution in [0.15, 0.2) is 52.4 Å². The Kier molecular flexibility index (Phi) is 6.80. The number of pyridine rings is 1. The molecule has 0 aliphatic carbocycles. The lowest BCUT2D eigenvalue weighted by molar-refractivity contribution is -0.689. The third-order valence-electron chi connectivity index (χ3n) is 4.96. The number of thiazole rings is 1. The van der Waals surface area contributed by atoms with E-state index in [2.05, 4.69) is 21.4 Å². The second-order valence-electron chi connectivity index (χ2n) is 7.14. The number of nitrogens with zero attached hydrogens (tertiary/aromatic N) is 4. The minimum Gasteiger partial charge on any atom is -0.543 e. The normalized spacial score (nSPS) is 19.7. The van der Waals surface area contributed by atoms with E-state index in [0.717, 1.165) is 16.2 Å². The summed E-state index contributed by atoms with van der Waals surface area (Å²) in [6.45, 7) is 0.117. The number of hydrogen-bond acceptors (Lipinski definition) is 10. The topological polar surface area (TPSA) is 154 Å². The van der Waals surface area contributed by atoms with Crippen molar-refractivity contribution in [2.45, 2.75) is 18.0 Å². The molecule has 2 aromatic heterocycles. The van der Waals surface area contributed by atoms with Gasteiger partial charge in [0.05, 0.1) is 11.7 Å². The van der Waals surface area contributed by atoms with Gasteiger partial charge in [-0.1, -0.05) is 17.1 Å². The van der Waals surface area contributed by atoms with Gasteiger partial charge in [-0.2, -0.15) is 0 Å². The predicted octanol–water partition coefficient (Wildman–Crippen LogP) is -1.53. The number of carbonyl (C=O) groups is 3. The molecule has 3 N–H and O–H groups in total. The lowest BCUT2D eigenvalue weighted by Gasteiger charge is -2.50. The number of carbonyl (C=O) groups excluding carboxylic acids is 3. The Balaban J connectivity index is 1.53. The van der Waals surface area contributed by atoms with Crippen LogP contribution in [0.3, 0.4) is 0 Å². The first-order valence-electron chi connectivity index (χ1n) is 9.88. The number of nitrogens with one attached hydrogen (secondary N) is 1. The number of amides is 2. The monoisotopic (exact) mass is 498 g/mol. The van der Waals surface area contributed by atoms with Crippen molar-refractivity contribution in [3.8, 4) is 12.3 Å². The summed E-state index contributed by atoms with van der Waals surface area (Å²) >= 11 is 2.45. The van der Waals surface area contributed by atoms with Gasteiger partial charge in [-0.15, -0.1) is 29.5 Å². The standard InChI is InChI=1S/C21H18N6O5S2/c1-2-8-32-25-14(13-11-34-21(22)23-13)17(28)24-15-18(29)27-16(20(30)31)12(10-33-19(15)27)9-26-6-4-3-5-7-26/h1,3-7,11,15,19H,8-10H2,(H3-,22,23,24,28,30,31)/t15?,19-/m1/s1. The molecule has 2 aliphatic heterocycles. The lowest BCUT2D eigenvalue weighted by Crippen LogP contribution is -2.71. The smallest absolute Gasteiger partial charge is 0.276 e. The first-order chi connectivity index (χ1) is 16.4. The van der Waals surface area contributed by atoms with Crippen molar-refractivity contribution in [2.75, 3.05) is 18.1 Å². The van der Waals surface area contributed by atoms with E-state index < -0.39 is 29.2 Å². The molecule has 34 heavy (non-hydrogen) atoms. The highest BCUT2D eigenvalue weighted by Gasteiger charge is 2.53. The first-order valence-corrected chi connectivity index (χ1v) is 11.8. The molecule has 0 saturated carbocycles. The summed E-state index contributed by atoms with van der Waals surface area (Å²) in [6.07, 6.45) is 8.74. The van der Waals surface area contributed by atoms with Gasteiger partial charge in [0.1, 0.15) is 17.1 Å². The number of terminal acetylenes is 1. The highest BCUT2D eigenvalue weighted by molar-refractivity contribution is 8.00. The molecule has 2 atom stereocenters. The summed E-state index contributed by atoms with van der Waals surface area (Å²) in [6, 6.07) is 4.52. The van der Waals surface area contributed by atoms with Crippen molar-refractivity contribution in [2.24, 2.45) is 5.16 Å². The number of nitrogens with two attached hydrogens (primary N) is 1. The molecular weight excluding hydrogens is 480 g/mol. The van der Waals surface area contributed by atoms with E-state index in [4.69, 9.17) is 17.0 Å². The SMILES string of the molecule is C#CCON=C(C(=O)NC1C(=O)N2C(C(=O)[O-])=C(C[n+]3ccccc3)CS[C@H]12)c1csc(N)n1. The van der Waals surface area contributed by atoms with E-state index >= 15 is 0 Å². The average Bonchev–Trinajstić information content (AvgIpc) is 3.26. The molecule has 4 heterocycles. The van der Waals surface area contributed by atoms with Gasteiger partial charge in [0.15, 0.2) is 36.4 Å². The Morgan fingerprint density at radius 1 is 1.41 bits per heavy atom. The van der Waals surface area contributed by atoms with Crippen LogP contribution in [0.1, 0.15) is 5.69 Å². The molecule has 0 bridgehead atoms. The Morgan fingerprint density at radius 2 is 2.18 bits per heavy atom. The van der Waals surface area contributed by atoms with Gasteiger partial charge in [-0.05, 0) is 0 Å². The van der Waals surface area contributed by atoms with Crippen LogP contribution in [-0.2, 0) is 25.8 Å². The van der Waals surface area contributed by atoms with E-state index in [1.165, 1.54) is 17.1 Å². The fourth-order valence-corrected chi connectivity index (χ4v) is 5.38. The molecule has 2 aromatic rings. The number of rotatable bonds is 8. The van der Waals surface area contributed by atoms with Gasteiger partial charge < -0.3 is 25.8 Å². The predicted molar refractivity (Wildman–Crippen MR) is 122 cm³/mol. The summed E-state index contributed by atoms with van der Waals surface area (Å²) in [5.74, 6) is -0.170. The van der Waals surface area contributed by atoms with Gasteiger partial charge in [0.2, 0.25) is 0 Å². The van der Waals surface area contributed by atoms with E-state index in [1.54, 1.807) is 17.0 Å². The van der Waals surface area contributed by atoms with Crippen LogP contribution in [0.2, 0.25) is 0 Å². The first kappa shape index (κ1) is 23.3. The van der Waals surface area contributed by atoms with Crippen LogP contribution < -0.4 is 20.7 Å². The van der Waals surface area contributed by atoms with Crippen LogP contribution in [0.5, 0.6) is 0 Å². The Labute approximate surface area is 202 Å². The average molecular weight is 499 g/mol. The quantitative estimate of drug-likeness (QED) is 0.111. The van der Waals surface area contributed by atoms with E-state index in [-0.39, 0.29) is 28.8 Å². The van der Waals surface area contributed by atoms with Crippen molar-refractivity contribution in [1.29, 1.82) is 0 Å². The van der Waals surface area contributed by atoms with Crippen LogP contribution in [0.25, 0.3) is 0 Å². The Hall–Kier alpha value is -3.89. The summed E-state index contributed by atoms with van der Waals surface area (Å²) in [5, 5.41) is 19.4. The maximum Gasteiger partial charge on any atom is 0.276 e. The maximum absolute atomic E-state index is 12.9. The van der Waals surface area contributed by atoms with Crippen LogP contribution in [0, 0.1) is 12.3 Å². The van der Waals surface area contributed by atoms with Gasteiger partial charge in [0.25, 0.3) is 11.8 Å². The van der Waals surface area contributed by atoms with E-state index in [9.17, 15) is 19.5 Å². The van der Waals surface area contributed by atoms with Crippen molar-refractivity contribution in [3.63, 3.8) is 0 Å². The molecule has 2 amide bonds. The number of hydrogen-bond donors (Lipinski definition) is 2. The third-order valence-corrected chi connectivity index (χ3v) is 6.97.